The van der Waals surface area contributed by atoms with E-state index in [1.54, 1.807) is 12.4 Å². The van der Waals surface area contributed by atoms with Crippen molar-refractivity contribution in [3.05, 3.63) is 46.1 Å². The highest BCUT2D eigenvalue weighted by atomic mass is 16.1. The Morgan fingerprint density at radius 1 is 1.00 bits per heavy atom. The Labute approximate surface area is 216 Å². The van der Waals surface area contributed by atoms with Crippen LogP contribution < -0.4 is 15.8 Å². The lowest BCUT2D eigenvalue weighted by Crippen LogP contribution is -2.30. The largest absolute Gasteiger partial charge is 0.355 e. The van der Waals surface area contributed by atoms with Gasteiger partial charge in [0.05, 0.1) is 23.5 Å². The Bertz CT molecular complexity index is 1460. The molecule has 192 valence electrons. The number of anilines is 3. The van der Waals surface area contributed by atoms with Gasteiger partial charge in [0, 0.05) is 36.8 Å². The zero-order valence-electron chi connectivity index (χ0n) is 21.7. The second-order valence-corrected chi connectivity index (χ2v) is 11.7. The van der Waals surface area contributed by atoms with Crippen molar-refractivity contribution in [3.63, 3.8) is 0 Å². The average Bonchev–Trinajstić information content (AvgIpc) is 3.63. The van der Waals surface area contributed by atoms with Crippen molar-refractivity contribution in [2.45, 2.75) is 71.3 Å². The van der Waals surface area contributed by atoms with Crippen LogP contribution in [0, 0.1) is 24.2 Å². The molecule has 1 aliphatic heterocycles. The van der Waals surface area contributed by atoms with Crippen molar-refractivity contribution in [1.29, 1.82) is 0 Å². The summed E-state index contributed by atoms with van der Waals surface area (Å²) >= 11 is 0. The first-order chi connectivity index (χ1) is 18.0. The lowest BCUT2D eigenvalue weighted by atomic mass is 9.96. The molecule has 0 bridgehead atoms. The van der Waals surface area contributed by atoms with E-state index < -0.39 is 0 Å². The van der Waals surface area contributed by atoms with Gasteiger partial charge in [-0.15, -0.1) is 0 Å². The highest BCUT2D eigenvalue weighted by molar-refractivity contribution is 6.00. The molecule has 0 amide bonds. The van der Waals surface area contributed by atoms with Gasteiger partial charge in [-0.05, 0) is 75.2 Å². The van der Waals surface area contributed by atoms with Gasteiger partial charge >= 0.3 is 0 Å². The molecule has 7 rings (SSSR count). The number of fused-ring (bicyclic) bond motifs is 2. The SMILES string of the molecule is CC(=O)c1c(C)c2cnc(Nc3cnc(N4CCCC5C6CC56CC4)cn3)cc2n(C2CCCC2)c1=O. The molecule has 4 fully saturated rings. The average molecular weight is 499 g/mol. The monoisotopic (exact) mass is 498 g/mol. The zero-order chi connectivity index (χ0) is 25.3. The number of hydrogen-bond acceptors (Lipinski definition) is 7. The van der Waals surface area contributed by atoms with Gasteiger partial charge in [-0.3, -0.25) is 9.59 Å². The van der Waals surface area contributed by atoms with Gasteiger partial charge in [0.25, 0.3) is 5.56 Å². The molecule has 4 aliphatic rings. The molecule has 3 unspecified atom stereocenters. The molecule has 1 saturated heterocycles. The van der Waals surface area contributed by atoms with E-state index in [1.165, 1.54) is 32.6 Å². The van der Waals surface area contributed by atoms with Gasteiger partial charge in [0.2, 0.25) is 0 Å². The van der Waals surface area contributed by atoms with E-state index in [0.29, 0.717) is 22.6 Å². The van der Waals surface area contributed by atoms with Gasteiger partial charge in [0.15, 0.2) is 5.78 Å². The lowest BCUT2D eigenvalue weighted by molar-refractivity contribution is 0.101. The minimum absolute atomic E-state index is 0.109. The highest BCUT2D eigenvalue weighted by Gasteiger charge is 2.76. The van der Waals surface area contributed by atoms with E-state index in [2.05, 4.69) is 20.2 Å². The molecule has 3 saturated carbocycles. The van der Waals surface area contributed by atoms with Crippen molar-refractivity contribution in [1.82, 2.24) is 19.5 Å². The number of rotatable bonds is 5. The number of nitrogens with zero attached hydrogens (tertiary/aromatic N) is 5. The number of hydrogen-bond donors (Lipinski definition) is 1. The molecule has 4 heterocycles. The second kappa shape index (κ2) is 8.36. The predicted octanol–water partition coefficient (Wildman–Crippen LogP) is 5.18. The fourth-order valence-electron chi connectivity index (χ4n) is 7.45. The predicted molar refractivity (Wildman–Crippen MR) is 144 cm³/mol. The van der Waals surface area contributed by atoms with Crippen molar-refractivity contribution in [2.24, 2.45) is 17.3 Å². The third kappa shape index (κ3) is 3.67. The number of carbonyl (C=O) groups is 1. The first-order valence-electron chi connectivity index (χ1n) is 13.9. The first-order valence-corrected chi connectivity index (χ1v) is 13.9. The topological polar surface area (TPSA) is 93.0 Å². The van der Waals surface area contributed by atoms with Gasteiger partial charge < -0.3 is 14.8 Å². The molecular weight excluding hydrogens is 464 g/mol. The molecule has 3 aromatic rings. The van der Waals surface area contributed by atoms with Gasteiger partial charge in [-0.2, -0.15) is 0 Å². The van der Waals surface area contributed by atoms with E-state index in [1.807, 2.05) is 23.8 Å². The molecule has 1 spiro atoms. The van der Waals surface area contributed by atoms with Crippen LogP contribution in [-0.2, 0) is 0 Å². The van der Waals surface area contributed by atoms with Crippen LogP contribution in [0.3, 0.4) is 0 Å². The second-order valence-electron chi connectivity index (χ2n) is 11.7. The van der Waals surface area contributed by atoms with E-state index in [-0.39, 0.29) is 22.9 Å². The first kappa shape index (κ1) is 22.9. The summed E-state index contributed by atoms with van der Waals surface area (Å²) in [6.45, 7) is 5.43. The summed E-state index contributed by atoms with van der Waals surface area (Å²) in [6.07, 6.45) is 14.8. The van der Waals surface area contributed by atoms with Crippen LogP contribution in [0.25, 0.3) is 10.9 Å². The number of aryl methyl sites for hydroxylation is 1. The van der Waals surface area contributed by atoms with Crippen LogP contribution in [-0.4, -0.2) is 38.4 Å². The van der Waals surface area contributed by atoms with Crippen LogP contribution in [0.1, 0.15) is 80.3 Å². The number of pyridine rings is 2. The molecule has 8 nitrogen and oxygen atoms in total. The van der Waals surface area contributed by atoms with Crippen LogP contribution in [0.4, 0.5) is 17.5 Å². The lowest BCUT2D eigenvalue weighted by Gasteiger charge is -2.27. The number of carbonyl (C=O) groups excluding carboxylic acids is 1. The number of nitrogens with one attached hydrogen (secondary N) is 1. The third-order valence-electron chi connectivity index (χ3n) is 9.70. The molecule has 1 N–H and O–H groups in total. The fraction of sp³-hybridized carbons (Fsp3) is 0.552. The van der Waals surface area contributed by atoms with E-state index in [0.717, 1.165) is 67.3 Å². The summed E-state index contributed by atoms with van der Waals surface area (Å²) in [5.41, 5.74) is 2.30. The Morgan fingerprint density at radius 2 is 1.81 bits per heavy atom. The molecule has 3 atom stereocenters. The summed E-state index contributed by atoms with van der Waals surface area (Å²) in [5, 5.41) is 4.13. The Kier molecular flexibility index (Phi) is 5.17. The standard InChI is InChI=1S/C29H34N6O2/c1-17-20-14-30-24(12-23(20)35(19-6-3-4-7-19)28(37)27(17)18(2)36)33-25-15-32-26(16-31-25)34-10-5-8-21-22-13-29(21,22)9-11-34/h12,14-16,19,21-22H,3-11,13H2,1-2H3,(H,30,31,33). The van der Waals surface area contributed by atoms with Crippen molar-refractivity contribution in [2.75, 3.05) is 23.3 Å². The zero-order valence-corrected chi connectivity index (χ0v) is 21.7. The number of Topliss-reactive ketones (excluding diaryl/α,β-unsaturated/α-hetero) is 1. The van der Waals surface area contributed by atoms with Crippen LogP contribution in [0.5, 0.6) is 0 Å². The normalized spacial score (nSPS) is 26.8. The molecule has 0 aromatic carbocycles. The summed E-state index contributed by atoms with van der Waals surface area (Å²) in [7, 11) is 0. The van der Waals surface area contributed by atoms with Gasteiger partial charge in [0.1, 0.15) is 17.5 Å². The number of aromatic nitrogens is 4. The third-order valence-corrected chi connectivity index (χ3v) is 9.70. The molecule has 3 aliphatic carbocycles. The van der Waals surface area contributed by atoms with Crippen LogP contribution in [0.15, 0.2) is 29.5 Å². The molecule has 0 radical (unpaired) electrons. The highest BCUT2D eigenvalue weighted by Crippen LogP contribution is 2.83. The minimum atomic E-state index is -0.192. The van der Waals surface area contributed by atoms with Crippen LogP contribution in [0.2, 0.25) is 0 Å². The van der Waals surface area contributed by atoms with Crippen LogP contribution >= 0.6 is 0 Å². The maximum absolute atomic E-state index is 13.5. The summed E-state index contributed by atoms with van der Waals surface area (Å²) in [5.74, 6) is 4.03. The maximum atomic E-state index is 13.5. The Morgan fingerprint density at radius 3 is 2.54 bits per heavy atom. The fourth-order valence-corrected chi connectivity index (χ4v) is 7.45. The smallest absolute Gasteiger partial charge is 0.262 e. The van der Waals surface area contributed by atoms with Gasteiger partial charge in [-0.1, -0.05) is 12.8 Å². The van der Waals surface area contributed by atoms with Crippen molar-refractivity contribution in [3.8, 4) is 0 Å². The van der Waals surface area contributed by atoms with Crippen molar-refractivity contribution >= 4 is 34.1 Å². The Balaban J connectivity index is 1.16. The van der Waals surface area contributed by atoms with E-state index in [4.69, 9.17) is 4.98 Å². The quantitative estimate of drug-likeness (QED) is 0.484. The molecule has 3 aromatic heterocycles. The maximum Gasteiger partial charge on any atom is 0.262 e. The van der Waals surface area contributed by atoms with E-state index >= 15 is 0 Å². The number of ketones is 1. The van der Waals surface area contributed by atoms with Gasteiger partial charge in [-0.25, -0.2) is 15.0 Å². The summed E-state index contributed by atoms with van der Waals surface area (Å²) in [6, 6.07) is 2.02. The summed E-state index contributed by atoms with van der Waals surface area (Å²) in [4.78, 5) is 42.2. The summed E-state index contributed by atoms with van der Waals surface area (Å²) < 4.78 is 1.84. The molecule has 8 heteroatoms. The molecular formula is C29H34N6O2. The Hall–Kier alpha value is -3.29. The van der Waals surface area contributed by atoms with E-state index in [9.17, 15) is 9.59 Å². The molecule has 37 heavy (non-hydrogen) atoms. The minimum Gasteiger partial charge on any atom is -0.355 e. The van der Waals surface area contributed by atoms with Crippen molar-refractivity contribution < 1.29 is 4.79 Å².